The van der Waals surface area contributed by atoms with E-state index < -0.39 is 23.7 Å². The van der Waals surface area contributed by atoms with Crippen LogP contribution in [-0.4, -0.2) is 53.4 Å². The molecule has 1 saturated heterocycles. The maximum absolute atomic E-state index is 13.3. The number of aromatic nitrogens is 1. The van der Waals surface area contributed by atoms with Gasteiger partial charge in [-0.2, -0.15) is 0 Å². The van der Waals surface area contributed by atoms with Crippen LogP contribution in [0.1, 0.15) is 33.1 Å². The van der Waals surface area contributed by atoms with Crippen molar-refractivity contribution in [2.75, 3.05) is 20.8 Å². The molecule has 2 N–H and O–H groups in total. The van der Waals surface area contributed by atoms with Crippen LogP contribution in [0.25, 0.3) is 16.7 Å². The van der Waals surface area contributed by atoms with Crippen molar-refractivity contribution in [2.24, 2.45) is 0 Å². The van der Waals surface area contributed by atoms with Gasteiger partial charge in [0.15, 0.2) is 0 Å². The van der Waals surface area contributed by atoms with Crippen LogP contribution in [0.2, 0.25) is 0 Å². The summed E-state index contributed by atoms with van der Waals surface area (Å²) >= 11 is 0. The minimum absolute atomic E-state index is 0.0204. The normalized spacial score (nSPS) is 16.7. The smallest absolute Gasteiger partial charge is 0.337 e. The molecular formula is C30H26N2O6. The van der Waals surface area contributed by atoms with Gasteiger partial charge in [0.2, 0.25) is 0 Å². The van der Waals surface area contributed by atoms with Gasteiger partial charge < -0.3 is 24.5 Å². The molecule has 3 aromatic carbocycles. The lowest BCUT2D eigenvalue weighted by atomic mass is 9.94. The van der Waals surface area contributed by atoms with Crippen LogP contribution in [-0.2, 0) is 20.7 Å². The molecular weight excluding hydrogens is 484 g/mol. The molecule has 2 heterocycles. The Kier molecular flexibility index (Phi) is 6.70. The van der Waals surface area contributed by atoms with E-state index in [1.807, 2.05) is 30.5 Å². The largest absolute Gasteiger partial charge is 0.507 e. The number of hydrogen-bond donors (Lipinski definition) is 2. The molecule has 38 heavy (non-hydrogen) atoms. The maximum Gasteiger partial charge on any atom is 0.337 e. The summed E-state index contributed by atoms with van der Waals surface area (Å²) in [5.41, 5.74) is 3.25. The minimum Gasteiger partial charge on any atom is -0.507 e. The van der Waals surface area contributed by atoms with Crippen LogP contribution < -0.4 is 4.74 Å². The second-order valence-electron chi connectivity index (χ2n) is 8.95. The summed E-state index contributed by atoms with van der Waals surface area (Å²) in [6, 6.07) is 20.2. The lowest BCUT2D eigenvalue weighted by Gasteiger charge is -2.25. The molecule has 1 aliphatic rings. The highest BCUT2D eigenvalue weighted by atomic mass is 16.5. The summed E-state index contributed by atoms with van der Waals surface area (Å²) < 4.78 is 10.1. The third kappa shape index (κ3) is 4.41. The Labute approximate surface area is 219 Å². The van der Waals surface area contributed by atoms with Crippen LogP contribution >= 0.6 is 0 Å². The molecule has 8 nitrogen and oxygen atoms in total. The number of para-hydroxylation sites is 1. The van der Waals surface area contributed by atoms with Crippen molar-refractivity contribution in [1.82, 2.24) is 9.88 Å². The zero-order chi connectivity index (χ0) is 26.8. The van der Waals surface area contributed by atoms with Gasteiger partial charge in [0.05, 0.1) is 31.4 Å². The lowest BCUT2D eigenvalue weighted by Crippen LogP contribution is -2.31. The number of hydrogen-bond acceptors (Lipinski definition) is 6. The van der Waals surface area contributed by atoms with Gasteiger partial charge in [0.25, 0.3) is 11.7 Å². The van der Waals surface area contributed by atoms with Crippen molar-refractivity contribution in [2.45, 2.75) is 12.5 Å². The van der Waals surface area contributed by atoms with Gasteiger partial charge in [0, 0.05) is 29.2 Å². The minimum atomic E-state index is -0.849. The zero-order valence-corrected chi connectivity index (χ0v) is 20.9. The number of aliphatic hydroxyl groups is 1. The first kappa shape index (κ1) is 24.8. The highest BCUT2D eigenvalue weighted by molar-refractivity contribution is 6.46. The zero-order valence-electron chi connectivity index (χ0n) is 20.9. The molecule has 1 amide bonds. The number of likely N-dealkylation sites (tertiary alicyclic amines) is 1. The number of aromatic amines is 1. The molecule has 192 valence electrons. The van der Waals surface area contributed by atoms with Crippen molar-refractivity contribution in [3.05, 3.63) is 107 Å². The second kappa shape index (κ2) is 10.3. The third-order valence-corrected chi connectivity index (χ3v) is 6.83. The number of carbonyl (C=O) groups excluding carboxylic acids is 3. The Balaban J connectivity index is 1.57. The van der Waals surface area contributed by atoms with Crippen LogP contribution in [0, 0.1) is 0 Å². The first-order chi connectivity index (χ1) is 18.4. The quantitative estimate of drug-likeness (QED) is 0.162. The van der Waals surface area contributed by atoms with Crippen molar-refractivity contribution < 1.29 is 29.0 Å². The lowest BCUT2D eigenvalue weighted by molar-refractivity contribution is -0.139. The molecule has 1 atom stereocenters. The SMILES string of the molecule is COC(=O)c1ccc(C2/C(=C(\O)c3cccc(OC)c3)C(=O)C(=O)N2CCc2c[nH]c3ccccc23)cc1. The molecule has 0 saturated carbocycles. The second-order valence-corrected chi connectivity index (χ2v) is 8.95. The number of fused-ring (bicyclic) bond motifs is 1. The number of amides is 1. The number of Topliss-reactive ketones (excluding diaryl/α,β-unsaturated/α-hetero) is 1. The fraction of sp³-hybridized carbons (Fsp3) is 0.167. The van der Waals surface area contributed by atoms with Gasteiger partial charge in [0.1, 0.15) is 11.5 Å². The van der Waals surface area contributed by atoms with Crippen LogP contribution in [0.3, 0.4) is 0 Å². The van der Waals surface area contributed by atoms with Crippen LogP contribution in [0.4, 0.5) is 0 Å². The van der Waals surface area contributed by atoms with Crippen molar-refractivity contribution >= 4 is 34.3 Å². The topological polar surface area (TPSA) is 109 Å². The van der Waals surface area contributed by atoms with E-state index in [1.165, 1.54) is 19.1 Å². The molecule has 0 spiro atoms. The number of H-pyrrole nitrogens is 1. The molecule has 1 aliphatic heterocycles. The Bertz CT molecular complexity index is 1570. The number of esters is 1. The molecule has 5 rings (SSSR count). The van der Waals surface area contributed by atoms with Crippen molar-refractivity contribution in [3.8, 4) is 5.75 Å². The van der Waals surface area contributed by atoms with E-state index in [0.717, 1.165) is 16.5 Å². The molecule has 1 unspecified atom stereocenters. The maximum atomic E-state index is 13.3. The Morgan fingerprint density at radius 2 is 1.74 bits per heavy atom. The van der Waals surface area contributed by atoms with E-state index in [4.69, 9.17) is 9.47 Å². The van der Waals surface area contributed by atoms with E-state index in [0.29, 0.717) is 28.9 Å². The number of methoxy groups -OCH3 is 2. The predicted octanol–water partition coefficient (Wildman–Crippen LogP) is 4.63. The fourth-order valence-corrected chi connectivity index (χ4v) is 4.88. The number of rotatable bonds is 7. The number of nitrogens with zero attached hydrogens (tertiary/aromatic N) is 1. The molecule has 1 fully saturated rings. The molecule has 8 heteroatoms. The Morgan fingerprint density at radius 1 is 0.974 bits per heavy atom. The standard InChI is InChI=1S/C30H26N2O6/c1-37-22-7-5-6-20(16-22)27(33)25-26(18-10-12-19(13-11-18)30(36)38-2)32(29(35)28(25)34)15-14-21-17-31-24-9-4-3-8-23(21)24/h3-13,16-17,26,31,33H,14-15H2,1-2H3/b27-25+. The fourth-order valence-electron chi connectivity index (χ4n) is 4.88. The van der Waals surface area contributed by atoms with Crippen LogP contribution in [0.5, 0.6) is 5.75 Å². The van der Waals surface area contributed by atoms with Gasteiger partial charge in [-0.25, -0.2) is 4.79 Å². The third-order valence-electron chi connectivity index (χ3n) is 6.83. The highest BCUT2D eigenvalue weighted by Gasteiger charge is 2.46. The van der Waals surface area contributed by atoms with E-state index in [1.54, 1.807) is 48.5 Å². The first-order valence-corrected chi connectivity index (χ1v) is 12.1. The van der Waals surface area contributed by atoms with E-state index in [9.17, 15) is 19.5 Å². The van der Waals surface area contributed by atoms with E-state index >= 15 is 0 Å². The highest BCUT2D eigenvalue weighted by Crippen LogP contribution is 2.40. The van der Waals surface area contributed by atoms with Gasteiger partial charge >= 0.3 is 5.97 Å². The Morgan fingerprint density at radius 3 is 2.47 bits per heavy atom. The summed E-state index contributed by atoms with van der Waals surface area (Å²) in [6.45, 7) is 0.241. The number of aliphatic hydroxyl groups excluding tert-OH is 1. The molecule has 1 aromatic heterocycles. The molecule has 0 bridgehead atoms. The number of carbonyl (C=O) groups is 3. The van der Waals surface area contributed by atoms with Gasteiger partial charge in [-0.15, -0.1) is 0 Å². The number of benzene rings is 3. The first-order valence-electron chi connectivity index (χ1n) is 12.1. The summed E-state index contributed by atoms with van der Waals surface area (Å²) in [6.07, 6.45) is 2.39. The summed E-state index contributed by atoms with van der Waals surface area (Å²) in [4.78, 5) is 43.3. The Hall–Kier alpha value is -4.85. The van der Waals surface area contributed by atoms with Gasteiger partial charge in [-0.1, -0.05) is 42.5 Å². The van der Waals surface area contributed by atoms with Gasteiger partial charge in [-0.3, -0.25) is 9.59 Å². The number of nitrogens with one attached hydrogen (secondary N) is 1. The van der Waals surface area contributed by atoms with E-state index in [-0.39, 0.29) is 17.9 Å². The summed E-state index contributed by atoms with van der Waals surface area (Å²) in [5.74, 6) is -1.76. The number of ether oxygens (including phenoxy) is 2. The molecule has 4 aromatic rings. The summed E-state index contributed by atoms with van der Waals surface area (Å²) in [7, 11) is 2.80. The molecule has 0 radical (unpaired) electrons. The van der Waals surface area contributed by atoms with Crippen molar-refractivity contribution in [1.29, 1.82) is 0 Å². The monoisotopic (exact) mass is 510 g/mol. The van der Waals surface area contributed by atoms with Crippen molar-refractivity contribution in [3.63, 3.8) is 0 Å². The molecule has 0 aliphatic carbocycles. The van der Waals surface area contributed by atoms with E-state index in [2.05, 4.69) is 4.98 Å². The predicted molar refractivity (Wildman–Crippen MR) is 142 cm³/mol. The summed E-state index contributed by atoms with van der Waals surface area (Å²) in [5, 5.41) is 12.3. The van der Waals surface area contributed by atoms with Gasteiger partial charge in [-0.05, 0) is 47.9 Å². The average Bonchev–Trinajstić information content (AvgIpc) is 3.49. The number of ketones is 1. The van der Waals surface area contributed by atoms with Crippen LogP contribution in [0.15, 0.2) is 84.6 Å². The average molecular weight is 511 g/mol.